The van der Waals surface area contributed by atoms with E-state index in [9.17, 15) is 18.4 Å². The van der Waals surface area contributed by atoms with Gasteiger partial charge in [-0.3, -0.25) is 14.5 Å². The second kappa shape index (κ2) is 8.86. The number of amides is 2. The maximum absolute atomic E-state index is 14.9. The van der Waals surface area contributed by atoms with Gasteiger partial charge in [-0.05, 0) is 12.1 Å². The van der Waals surface area contributed by atoms with Crippen molar-refractivity contribution >= 4 is 23.4 Å². The topological polar surface area (TPSA) is 88.3 Å². The molecule has 0 aromatic heterocycles. The molecule has 2 aliphatic heterocycles. The van der Waals surface area contributed by atoms with Gasteiger partial charge in [0, 0.05) is 37.3 Å². The smallest absolute Gasteiger partial charge is 0.414 e. The van der Waals surface area contributed by atoms with Crippen LogP contribution in [0, 0.1) is 11.6 Å². The number of rotatable bonds is 4. The molecule has 164 valence electrons. The van der Waals surface area contributed by atoms with Crippen molar-refractivity contribution in [2.75, 3.05) is 49.1 Å². The fraction of sp³-hybridized carbons (Fsp3) is 0.333. The monoisotopic (exact) mass is 432 g/mol. The van der Waals surface area contributed by atoms with Gasteiger partial charge in [-0.1, -0.05) is 18.2 Å². The average molecular weight is 432 g/mol. The van der Waals surface area contributed by atoms with E-state index in [2.05, 4.69) is 0 Å². The number of ether oxygens (including phenoxy) is 1. The first-order chi connectivity index (χ1) is 15.0. The minimum Gasteiger partial charge on any atom is -0.443 e. The first-order valence-electron chi connectivity index (χ1n) is 9.90. The number of carbonyl (C=O) groups excluding carboxylic acids is 2. The molecule has 10 heteroatoms. The van der Waals surface area contributed by atoms with Crippen LogP contribution in [0.5, 0.6) is 0 Å². The lowest BCUT2D eigenvalue weighted by Gasteiger charge is -2.24. The number of benzene rings is 2. The van der Waals surface area contributed by atoms with Gasteiger partial charge in [-0.15, -0.1) is 0 Å². The maximum atomic E-state index is 14.9. The molecule has 1 atom stereocenters. The minimum absolute atomic E-state index is 0.0617. The summed E-state index contributed by atoms with van der Waals surface area (Å²) in [7, 11) is 0. The first-order valence-corrected chi connectivity index (χ1v) is 9.90. The Kier molecular flexibility index (Phi) is 6.01. The third-order valence-electron chi connectivity index (χ3n) is 5.20. The minimum atomic E-state index is -0.818. The van der Waals surface area contributed by atoms with Crippen molar-refractivity contribution in [1.82, 2.24) is 5.06 Å². The van der Waals surface area contributed by atoms with Gasteiger partial charge in [0.2, 0.25) is 0 Å². The van der Waals surface area contributed by atoms with E-state index in [4.69, 9.17) is 15.3 Å². The van der Waals surface area contributed by atoms with E-state index < -0.39 is 23.8 Å². The third-order valence-corrected chi connectivity index (χ3v) is 5.20. The van der Waals surface area contributed by atoms with E-state index >= 15 is 0 Å². The number of hydrogen-bond acceptors (Lipinski definition) is 6. The van der Waals surface area contributed by atoms with Crippen LogP contribution in [-0.2, 0) is 9.57 Å². The fourth-order valence-corrected chi connectivity index (χ4v) is 3.62. The Morgan fingerprint density at radius 1 is 1.10 bits per heavy atom. The molecule has 2 aromatic rings. The second-order valence-electron chi connectivity index (χ2n) is 7.20. The Bertz CT molecular complexity index is 952. The van der Waals surface area contributed by atoms with Crippen molar-refractivity contribution in [2.24, 2.45) is 5.73 Å². The van der Waals surface area contributed by atoms with Crippen LogP contribution in [0.2, 0.25) is 0 Å². The number of halogens is 2. The number of cyclic esters (lactones) is 1. The highest BCUT2D eigenvalue weighted by Gasteiger charge is 2.33. The zero-order valence-electron chi connectivity index (χ0n) is 16.7. The third kappa shape index (κ3) is 4.30. The number of anilines is 2. The van der Waals surface area contributed by atoms with Gasteiger partial charge in [0.15, 0.2) is 11.6 Å². The summed E-state index contributed by atoms with van der Waals surface area (Å²) in [5, 5.41) is 1.20. The quantitative estimate of drug-likeness (QED) is 0.797. The van der Waals surface area contributed by atoms with Gasteiger partial charge in [-0.25, -0.2) is 18.6 Å². The summed E-state index contributed by atoms with van der Waals surface area (Å²) in [6.07, 6.45) is -1.21. The second-order valence-corrected chi connectivity index (χ2v) is 7.20. The molecule has 2 heterocycles. The number of carbonyl (C=O) groups is 2. The summed E-state index contributed by atoms with van der Waals surface area (Å²) >= 11 is 0. The Labute approximate surface area is 177 Å². The molecular formula is C21H22F2N4O4. The zero-order chi connectivity index (χ0) is 22.0. The average Bonchev–Trinajstić information content (AvgIpc) is 2.99. The number of nitrogens with two attached hydrogens (primary N) is 1. The Hall–Kier alpha value is -3.24. The van der Waals surface area contributed by atoms with Crippen LogP contribution in [0.3, 0.4) is 0 Å². The molecular weight excluding hydrogens is 410 g/mol. The van der Waals surface area contributed by atoms with Gasteiger partial charge in [0.05, 0.1) is 25.4 Å². The molecule has 0 spiro atoms. The molecule has 0 radical (unpaired) electrons. The van der Waals surface area contributed by atoms with Crippen molar-refractivity contribution in [3.05, 3.63) is 59.7 Å². The van der Waals surface area contributed by atoms with Crippen LogP contribution in [0.25, 0.3) is 0 Å². The molecule has 8 nitrogen and oxygen atoms in total. The van der Waals surface area contributed by atoms with Gasteiger partial charge in [-0.2, -0.15) is 0 Å². The van der Waals surface area contributed by atoms with Crippen LogP contribution in [0.15, 0.2) is 42.5 Å². The number of hydrogen-bond donors (Lipinski definition) is 1. The molecule has 0 unspecified atom stereocenters. The summed E-state index contributed by atoms with van der Waals surface area (Å²) in [5.41, 5.74) is 5.80. The maximum Gasteiger partial charge on any atom is 0.414 e. The van der Waals surface area contributed by atoms with E-state index in [1.54, 1.807) is 30.3 Å². The van der Waals surface area contributed by atoms with E-state index in [1.807, 2.05) is 0 Å². The summed E-state index contributed by atoms with van der Waals surface area (Å²) in [5.74, 6) is -1.95. The van der Waals surface area contributed by atoms with Gasteiger partial charge >= 0.3 is 6.09 Å². The summed E-state index contributed by atoms with van der Waals surface area (Å²) in [6.45, 7) is 0.819. The van der Waals surface area contributed by atoms with Crippen molar-refractivity contribution < 1.29 is 27.9 Å². The molecule has 31 heavy (non-hydrogen) atoms. The first kappa shape index (κ1) is 21.0. The van der Waals surface area contributed by atoms with Crippen molar-refractivity contribution in [1.29, 1.82) is 0 Å². The standard InChI is InChI=1S/C21H22F2N4O4/c22-17-10-15(26-13-16(12-24)31-21(26)29)11-18(23)19(17)25-6-7-27(30-9-8-25)20(28)14-4-2-1-3-5-14/h1-5,10-11,16H,6-9,12-13,24H2/t16-/m0/s1. The molecule has 0 aliphatic carbocycles. The Balaban J connectivity index is 1.50. The SMILES string of the molecule is NC[C@H]1CN(c2cc(F)c(N3CCON(C(=O)c4ccccc4)CC3)c(F)c2)C(=O)O1. The van der Waals surface area contributed by atoms with Crippen molar-refractivity contribution in [2.45, 2.75) is 6.10 Å². The van der Waals surface area contributed by atoms with E-state index in [1.165, 1.54) is 9.96 Å². The Morgan fingerprint density at radius 3 is 2.45 bits per heavy atom. The molecule has 2 fully saturated rings. The van der Waals surface area contributed by atoms with Crippen LogP contribution in [-0.4, -0.2) is 62.5 Å². The summed E-state index contributed by atoms with van der Waals surface area (Å²) < 4.78 is 34.8. The predicted molar refractivity (Wildman–Crippen MR) is 109 cm³/mol. The summed E-state index contributed by atoms with van der Waals surface area (Å²) in [6, 6.07) is 10.8. The molecule has 4 rings (SSSR count). The lowest BCUT2D eigenvalue weighted by atomic mass is 10.2. The van der Waals surface area contributed by atoms with Crippen LogP contribution in [0.4, 0.5) is 25.0 Å². The number of hydroxylamine groups is 2. The molecule has 2 aromatic carbocycles. The molecule has 2 amide bonds. The molecule has 0 bridgehead atoms. The summed E-state index contributed by atoms with van der Waals surface area (Å²) in [4.78, 5) is 32.7. The highest BCUT2D eigenvalue weighted by atomic mass is 19.1. The van der Waals surface area contributed by atoms with E-state index in [-0.39, 0.29) is 56.6 Å². The lowest BCUT2D eigenvalue weighted by Crippen LogP contribution is -2.35. The molecule has 2 N–H and O–H groups in total. The molecule has 2 saturated heterocycles. The van der Waals surface area contributed by atoms with E-state index in [0.29, 0.717) is 5.56 Å². The molecule has 2 aliphatic rings. The van der Waals surface area contributed by atoms with Crippen molar-refractivity contribution in [3.63, 3.8) is 0 Å². The largest absolute Gasteiger partial charge is 0.443 e. The van der Waals surface area contributed by atoms with Crippen LogP contribution >= 0.6 is 0 Å². The zero-order valence-corrected chi connectivity index (χ0v) is 16.7. The Morgan fingerprint density at radius 2 is 1.81 bits per heavy atom. The van der Waals surface area contributed by atoms with Gasteiger partial charge in [0.1, 0.15) is 11.8 Å². The number of nitrogens with zero attached hydrogens (tertiary/aromatic N) is 3. The molecule has 0 saturated carbocycles. The normalized spacial score (nSPS) is 19.4. The van der Waals surface area contributed by atoms with Gasteiger partial charge in [0.25, 0.3) is 5.91 Å². The fourth-order valence-electron chi connectivity index (χ4n) is 3.62. The van der Waals surface area contributed by atoms with E-state index in [0.717, 1.165) is 17.0 Å². The van der Waals surface area contributed by atoms with Crippen LogP contribution in [0.1, 0.15) is 10.4 Å². The van der Waals surface area contributed by atoms with Gasteiger partial charge < -0.3 is 15.4 Å². The predicted octanol–water partition coefficient (Wildman–Crippen LogP) is 2.14. The van der Waals surface area contributed by atoms with Crippen molar-refractivity contribution in [3.8, 4) is 0 Å². The lowest BCUT2D eigenvalue weighted by molar-refractivity contribution is -0.111. The van der Waals surface area contributed by atoms with Crippen LogP contribution < -0.4 is 15.5 Å². The highest BCUT2D eigenvalue weighted by molar-refractivity contribution is 5.93. The highest BCUT2D eigenvalue weighted by Crippen LogP contribution is 2.31.